The number of fused-ring (bicyclic) bond motifs is 1. The number of H-pyrrole nitrogens is 1. The minimum atomic E-state index is -1.03. The third-order valence-corrected chi connectivity index (χ3v) is 6.10. The zero-order valence-electron chi connectivity index (χ0n) is 19.5. The van der Waals surface area contributed by atoms with Crippen LogP contribution in [0.1, 0.15) is 30.8 Å². The van der Waals surface area contributed by atoms with Crippen molar-refractivity contribution in [1.29, 1.82) is 0 Å². The highest BCUT2D eigenvalue weighted by atomic mass is 16.5. The molecule has 34 heavy (non-hydrogen) atoms. The maximum atomic E-state index is 12.6. The summed E-state index contributed by atoms with van der Waals surface area (Å²) in [6, 6.07) is 15.9. The molecule has 0 atom stereocenters. The van der Waals surface area contributed by atoms with Gasteiger partial charge >= 0.3 is 0 Å². The summed E-state index contributed by atoms with van der Waals surface area (Å²) in [5.74, 6) is 1.20. The Kier molecular flexibility index (Phi) is 5.93. The number of ketones is 1. The largest absolute Gasteiger partial charge is 0.384 e. The van der Waals surface area contributed by atoms with Gasteiger partial charge in [0.15, 0.2) is 0 Å². The second kappa shape index (κ2) is 9.04. The molecule has 4 heterocycles. The van der Waals surface area contributed by atoms with Crippen LogP contribution in [-0.2, 0) is 28.0 Å². The summed E-state index contributed by atoms with van der Waals surface area (Å²) >= 11 is 0. The first-order valence-electron chi connectivity index (χ1n) is 11.6. The van der Waals surface area contributed by atoms with E-state index in [1.54, 1.807) is 19.9 Å². The summed E-state index contributed by atoms with van der Waals surface area (Å²) in [6.07, 6.45) is 2.66. The Labute approximate surface area is 198 Å². The molecule has 5 rings (SSSR count). The molecule has 176 valence electrons. The second-order valence-corrected chi connectivity index (χ2v) is 9.26. The maximum Gasteiger partial charge on any atom is 0.143 e. The average molecular weight is 460 g/mol. The van der Waals surface area contributed by atoms with Gasteiger partial charge in [0.1, 0.15) is 22.8 Å². The van der Waals surface area contributed by atoms with Gasteiger partial charge in [-0.25, -0.2) is 4.98 Å². The number of carbonyl (C=O) groups excluding carboxylic acids is 1. The molecule has 0 unspecified atom stereocenters. The van der Waals surface area contributed by atoms with E-state index >= 15 is 0 Å². The van der Waals surface area contributed by atoms with Gasteiger partial charge in [-0.3, -0.25) is 14.3 Å². The summed E-state index contributed by atoms with van der Waals surface area (Å²) in [4.78, 5) is 19.7. The van der Waals surface area contributed by atoms with Gasteiger partial charge in [0, 0.05) is 43.4 Å². The number of nitrogens with zero attached hydrogens (tertiary/aromatic N) is 4. The summed E-state index contributed by atoms with van der Waals surface area (Å²) in [6.45, 7) is 6.55. The third kappa shape index (κ3) is 4.73. The predicted octanol–water partition coefficient (Wildman–Crippen LogP) is 3.14. The lowest BCUT2D eigenvalue weighted by molar-refractivity contribution is -0.117. The van der Waals surface area contributed by atoms with Crippen LogP contribution in [0.2, 0.25) is 0 Å². The summed E-state index contributed by atoms with van der Waals surface area (Å²) in [7, 11) is 0. The predicted molar refractivity (Wildman–Crippen MR) is 130 cm³/mol. The van der Waals surface area contributed by atoms with Crippen molar-refractivity contribution in [3.05, 3.63) is 71.7 Å². The quantitative estimate of drug-likeness (QED) is 0.441. The van der Waals surface area contributed by atoms with Crippen molar-refractivity contribution in [2.24, 2.45) is 0 Å². The lowest BCUT2D eigenvalue weighted by atomic mass is 10.0. The molecule has 1 aromatic carbocycles. The SMILES string of the molecule is CC(C)(O)c1cc(CC(=O)Cc2ccc(-c3cn4c(N5CCOCC5)cccc4n3)cc2)[nH]n1. The van der Waals surface area contributed by atoms with E-state index in [9.17, 15) is 9.90 Å². The monoisotopic (exact) mass is 459 g/mol. The number of rotatable bonds is 7. The number of Topliss-reactive ketones (excluding diaryl/α,β-unsaturated/α-hetero) is 1. The zero-order chi connectivity index (χ0) is 23.7. The average Bonchev–Trinajstić information content (AvgIpc) is 3.47. The van der Waals surface area contributed by atoms with Crippen LogP contribution in [-0.4, -0.2) is 56.8 Å². The number of benzene rings is 1. The molecule has 0 saturated carbocycles. The van der Waals surface area contributed by atoms with E-state index in [-0.39, 0.29) is 12.2 Å². The number of aliphatic hydroxyl groups is 1. The van der Waals surface area contributed by atoms with Crippen LogP contribution >= 0.6 is 0 Å². The van der Waals surface area contributed by atoms with Gasteiger partial charge < -0.3 is 14.7 Å². The van der Waals surface area contributed by atoms with Crippen LogP contribution in [0.15, 0.2) is 54.7 Å². The number of anilines is 1. The first-order valence-corrected chi connectivity index (χ1v) is 11.6. The van der Waals surface area contributed by atoms with Crippen molar-refractivity contribution in [3.63, 3.8) is 0 Å². The minimum absolute atomic E-state index is 0.0848. The molecule has 8 nitrogen and oxygen atoms in total. The van der Waals surface area contributed by atoms with Crippen molar-refractivity contribution in [2.75, 3.05) is 31.2 Å². The number of hydrogen-bond acceptors (Lipinski definition) is 6. The fourth-order valence-corrected chi connectivity index (χ4v) is 4.25. The van der Waals surface area contributed by atoms with E-state index in [0.29, 0.717) is 17.8 Å². The number of pyridine rings is 1. The molecule has 1 fully saturated rings. The van der Waals surface area contributed by atoms with Crippen molar-refractivity contribution in [2.45, 2.75) is 32.3 Å². The molecule has 1 aliphatic heterocycles. The summed E-state index contributed by atoms with van der Waals surface area (Å²) in [5, 5.41) is 17.0. The van der Waals surface area contributed by atoms with Crippen molar-refractivity contribution < 1.29 is 14.6 Å². The molecule has 0 spiro atoms. The highest BCUT2D eigenvalue weighted by Crippen LogP contribution is 2.25. The number of aromatic nitrogens is 4. The molecule has 8 heteroatoms. The van der Waals surface area contributed by atoms with E-state index in [1.807, 2.05) is 36.4 Å². The van der Waals surface area contributed by atoms with Crippen molar-refractivity contribution >= 4 is 17.2 Å². The fraction of sp³-hybridized carbons (Fsp3) is 0.346. The molecular formula is C26H29N5O3. The van der Waals surface area contributed by atoms with Crippen LogP contribution in [0.4, 0.5) is 5.82 Å². The Hall–Kier alpha value is -3.49. The first-order chi connectivity index (χ1) is 16.4. The molecular weight excluding hydrogens is 430 g/mol. The minimum Gasteiger partial charge on any atom is -0.384 e. The Morgan fingerprint density at radius 2 is 1.88 bits per heavy atom. The van der Waals surface area contributed by atoms with Gasteiger partial charge in [0.25, 0.3) is 0 Å². The molecule has 2 N–H and O–H groups in total. The lowest BCUT2D eigenvalue weighted by Gasteiger charge is -2.29. The molecule has 0 aliphatic carbocycles. The lowest BCUT2D eigenvalue weighted by Crippen LogP contribution is -2.37. The maximum absolute atomic E-state index is 12.6. The number of carbonyl (C=O) groups is 1. The van der Waals surface area contributed by atoms with Crippen LogP contribution in [0, 0.1) is 0 Å². The number of aromatic amines is 1. The van der Waals surface area contributed by atoms with Gasteiger partial charge in [-0.15, -0.1) is 0 Å². The first kappa shape index (κ1) is 22.3. The second-order valence-electron chi connectivity index (χ2n) is 9.26. The normalized spacial score (nSPS) is 14.6. The number of morpholine rings is 1. The van der Waals surface area contributed by atoms with Crippen LogP contribution < -0.4 is 4.90 Å². The van der Waals surface area contributed by atoms with Crippen LogP contribution in [0.5, 0.6) is 0 Å². The zero-order valence-corrected chi connectivity index (χ0v) is 19.5. The molecule has 0 amide bonds. The molecule has 1 aliphatic rings. The van der Waals surface area contributed by atoms with Crippen molar-refractivity contribution in [3.8, 4) is 11.3 Å². The third-order valence-electron chi connectivity index (χ3n) is 6.10. The molecule has 4 aromatic rings. The van der Waals surface area contributed by atoms with E-state index in [0.717, 1.165) is 54.6 Å². The van der Waals surface area contributed by atoms with E-state index < -0.39 is 5.60 Å². The highest BCUT2D eigenvalue weighted by molar-refractivity contribution is 5.83. The number of imidazole rings is 1. The van der Waals surface area contributed by atoms with Gasteiger partial charge in [0.05, 0.1) is 24.6 Å². The van der Waals surface area contributed by atoms with Crippen molar-refractivity contribution in [1.82, 2.24) is 19.6 Å². The fourth-order valence-electron chi connectivity index (χ4n) is 4.25. The van der Waals surface area contributed by atoms with Crippen LogP contribution in [0.25, 0.3) is 16.9 Å². The summed E-state index contributed by atoms with van der Waals surface area (Å²) < 4.78 is 7.62. The standard InChI is InChI=1S/C26H29N5O3/c1-26(2,33)23-16-20(28-29-23)15-21(32)14-18-6-8-19(9-7-18)22-17-31-24(27-22)4-3-5-25(31)30-10-12-34-13-11-30/h3-9,16-17,33H,10-15H2,1-2H3,(H,28,29). The number of ether oxygens (including phenoxy) is 1. The Morgan fingerprint density at radius 3 is 2.59 bits per heavy atom. The van der Waals surface area contributed by atoms with E-state index in [1.165, 1.54) is 0 Å². The molecule has 1 saturated heterocycles. The smallest absolute Gasteiger partial charge is 0.143 e. The number of hydrogen-bond donors (Lipinski definition) is 2. The topological polar surface area (TPSA) is 95.7 Å². The van der Waals surface area contributed by atoms with Crippen LogP contribution in [0.3, 0.4) is 0 Å². The Bertz CT molecular complexity index is 1290. The van der Waals surface area contributed by atoms with Gasteiger partial charge in [-0.1, -0.05) is 30.3 Å². The molecule has 0 radical (unpaired) electrons. The van der Waals surface area contributed by atoms with E-state index in [2.05, 4.69) is 31.8 Å². The van der Waals surface area contributed by atoms with E-state index in [4.69, 9.17) is 9.72 Å². The highest BCUT2D eigenvalue weighted by Gasteiger charge is 2.20. The Balaban J connectivity index is 1.28. The molecule has 3 aromatic heterocycles. The Morgan fingerprint density at radius 1 is 1.12 bits per heavy atom. The molecule has 0 bridgehead atoms. The van der Waals surface area contributed by atoms with Gasteiger partial charge in [-0.05, 0) is 37.6 Å². The number of nitrogens with one attached hydrogen (secondary N) is 1. The summed E-state index contributed by atoms with van der Waals surface area (Å²) in [5.41, 5.74) is 3.97. The van der Waals surface area contributed by atoms with Gasteiger partial charge in [0.2, 0.25) is 0 Å². The van der Waals surface area contributed by atoms with Gasteiger partial charge in [-0.2, -0.15) is 5.10 Å².